The molecule has 1 aromatic rings. The lowest BCUT2D eigenvalue weighted by Gasteiger charge is -2.38. The van der Waals surface area contributed by atoms with Crippen LogP contribution in [0.1, 0.15) is 25.0 Å². The minimum atomic E-state index is -0.159. The van der Waals surface area contributed by atoms with E-state index in [9.17, 15) is 9.59 Å². The molecule has 2 aliphatic heterocycles. The third kappa shape index (κ3) is 4.44. The molecule has 2 N–H and O–H groups in total. The highest BCUT2D eigenvalue weighted by Crippen LogP contribution is 2.18. The van der Waals surface area contributed by atoms with E-state index in [1.54, 1.807) is 4.90 Å². The van der Waals surface area contributed by atoms with E-state index >= 15 is 0 Å². The van der Waals surface area contributed by atoms with Crippen molar-refractivity contribution in [2.24, 2.45) is 0 Å². The van der Waals surface area contributed by atoms with Gasteiger partial charge in [-0.1, -0.05) is 24.3 Å². The predicted octanol–water partition coefficient (Wildman–Crippen LogP) is 1.38. The van der Waals surface area contributed by atoms with Gasteiger partial charge in [0, 0.05) is 38.3 Å². The third-order valence-corrected chi connectivity index (χ3v) is 5.16. The number of nitrogens with zero attached hydrogens (tertiary/aromatic N) is 2. The number of urea groups is 1. The molecule has 25 heavy (non-hydrogen) atoms. The molecule has 2 heterocycles. The lowest BCUT2D eigenvalue weighted by Crippen LogP contribution is -2.59. The summed E-state index contributed by atoms with van der Waals surface area (Å²) in [6.07, 6.45) is 0.865. The second-order valence-electron chi connectivity index (χ2n) is 6.67. The first kappa shape index (κ1) is 19.5. The fraction of sp³-hybridized carbons (Fsp3) is 0.556. The summed E-state index contributed by atoms with van der Waals surface area (Å²) in [5.41, 5.74) is 2.50. The first-order valence-corrected chi connectivity index (χ1v) is 8.68. The molecule has 3 rings (SSSR count). The monoisotopic (exact) mass is 366 g/mol. The third-order valence-electron chi connectivity index (χ3n) is 5.16. The molecular weight excluding hydrogens is 340 g/mol. The Morgan fingerprint density at radius 1 is 1.20 bits per heavy atom. The highest BCUT2D eigenvalue weighted by molar-refractivity contribution is 5.85. The molecule has 2 unspecified atom stereocenters. The quantitative estimate of drug-likeness (QED) is 0.831. The summed E-state index contributed by atoms with van der Waals surface area (Å²) < 4.78 is 0. The molecule has 2 atom stereocenters. The lowest BCUT2D eigenvalue weighted by atomic mass is 10.0. The smallest absolute Gasteiger partial charge is 0.318 e. The van der Waals surface area contributed by atoms with E-state index in [0.717, 1.165) is 13.0 Å². The summed E-state index contributed by atoms with van der Waals surface area (Å²) in [6.45, 7) is 6.97. The predicted molar refractivity (Wildman–Crippen MR) is 99.8 cm³/mol. The summed E-state index contributed by atoms with van der Waals surface area (Å²) in [6, 6.07) is 8.46. The van der Waals surface area contributed by atoms with Crippen molar-refractivity contribution in [3.05, 3.63) is 35.4 Å². The number of rotatable bonds is 2. The van der Waals surface area contributed by atoms with E-state index in [0.29, 0.717) is 19.6 Å². The number of hydrogen-bond donors (Lipinski definition) is 2. The van der Waals surface area contributed by atoms with Crippen LogP contribution in [0.4, 0.5) is 4.79 Å². The molecule has 1 saturated heterocycles. The van der Waals surface area contributed by atoms with Crippen LogP contribution in [0.25, 0.3) is 0 Å². The molecule has 0 saturated carbocycles. The van der Waals surface area contributed by atoms with E-state index in [4.69, 9.17) is 0 Å². The Morgan fingerprint density at radius 3 is 2.68 bits per heavy atom. The van der Waals surface area contributed by atoms with Gasteiger partial charge in [-0.05, 0) is 31.4 Å². The molecule has 3 amide bonds. The summed E-state index contributed by atoms with van der Waals surface area (Å²) in [5, 5.41) is 6.14. The van der Waals surface area contributed by atoms with Gasteiger partial charge < -0.3 is 20.4 Å². The number of fused-ring (bicyclic) bond motifs is 1. The van der Waals surface area contributed by atoms with Crippen LogP contribution in [0.5, 0.6) is 0 Å². The lowest BCUT2D eigenvalue weighted by molar-refractivity contribution is -0.133. The van der Waals surface area contributed by atoms with Crippen molar-refractivity contribution >= 4 is 24.3 Å². The zero-order valence-corrected chi connectivity index (χ0v) is 15.6. The SMILES string of the molecule is CC1NCCN(C(=O)CNC(=O)N2CCc3ccccc3C2)C1C.Cl. The van der Waals surface area contributed by atoms with E-state index in [2.05, 4.69) is 29.7 Å². The van der Waals surface area contributed by atoms with Gasteiger partial charge in [0.05, 0.1) is 6.54 Å². The van der Waals surface area contributed by atoms with Crippen molar-refractivity contribution in [2.45, 2.75) is 38.9 Å². The van der Waals surface area contributed by atoms with Crippen molar-refractivity contribution in [2.75, 3.05) is 26.2 Å². The van der Waals surface area contributed by atoms with Crippen LogP contribution in [-0.4, -0.2) is 60.0 Å². The van der Waals surface area contributed by atoms with Crippen molar-refractivity contribution in [1.82, 2.24) is 20.4 Å². The molecule has 0 radical (unpaired) electrons. The maximum absolute atomic E-state index is 12.4. The Balaban J connectivity index is 0.00000225. The molecule has 138 valence electrons. The van der Waals surface area contributed by atoms with Crippen LogP contribution in [0, 0.1) is 0 Å². The number of carbonyl (C=O) groups excluding carboxylic acids is 2. The van der Waals surface area contributed by atoms with Gasteiger partial charge in [0.25, 0.3) is 0 Å². The van der Waals surface area contributed by atoms with E-state index in [-0.39, 0.29) is 43.0 Å². The number of hydrogen-bond acceptors (Lipinski definition) is 3. The van der Waals surface area contributed by atoms with Crippen molar-refractivity contribution in [3.63, 3.8) is 0 Å². The van der Waals surface area contributed by atoms with Crippen LogP contribution in [0.3, 0.4) is 0 Å². The minimum absolute atomic E-state index is 0. The molecule has 2 aliphatic rings. The zero-order chi connectivity index (χ0) is 17.1. The van der Waals surface area contributed by atoms with Gasteiger partial charge in [-0.25, -0.2) is 4.79 Å². The van der Waals surface area contributed by atoms with Crippen LogP contribution >= 0.6 is 12.4 Å². The van der Waals surface area contributed by atoms with E-state index in [1.165, 1.54) is 11.1 Å². The Hall–Kier alpha value is -1.79. The van der Waals surface area contributed by atoms with Gasteiger partial charge in [0.15, 0.2) is 0 Å². The van der Waals surface area contributed by atoms with Gasteiger partial charge in [0.2, 0.25) is 5.91 Å². The number of carbonyl (C=O) groups is 2. The second kappa shape index (κ2) is 8.54. The first-order chi connectivity index (χ1) is 11.6. The van der Waals surface area contributed by atoms with Crippen LogP contribution < -0.4 is 10.6 Å². The number of piperazine rings is 1. The maximum atomic E-state index is 12.4. The standard InChI is InChI=1S/C18H26N4O2.ClH/c1-13-14(2)22(10-8-19-13)17(23)11-20-18(24)21-9-7-15-5-3-4-6-16(15)12-21;/h3-6,13-14,19H,7-12H2,1-2H3,(H,20,24);1H. The molecule has 1 aromatic carbocycles. The Bertz CT molecular complexity index is 625. The molecule has 7 heteroatoms. The average molecular weight is 367 g/mol. The van der Waals surface area contributed by atoms with Gasteiger partial charge in [-0.3, -0.25) is 4.79 Å². The molecular formula is C18H27ClN4O2. The Morgan fingerprint density at radius 2 is 1.92 bits per heavy atom. The van der Waals surface area contributed by atoms with Gasteiger partial charge >= 0.3 is 6.03 Å². The largest absolute Gasteiger partial charge is 0.336 e. The summed E-state index contributed by atoms with van der Waals surface area (Å²) in [4.78, 5) is 28.4. The summed E-state index contributed by atoms with van der Waals surface area (Å²) in [5.74, 6) is -0.0124. The molecule has 6 nitrogen and oxygen atoms in total. The zero-order valence-electron chi connectivity index (χ0n) is 14.8. The fourth-order valence-electron chi connectivity index (χ4n) is 3.44. The summed E-state index contributed by atoms with van der Waals surface area (Å²) >= 11 is 0. The topological polar surface area (TPSA) is 64.7 Å². The highest BCUT2D eigenvalue weighted by atomic mass is 35.5. The fourth-order valence-corrected chi connectivity index (χ4v) is 3.44. The van der Waals surface area contributed by atoms with Gasteiger partial charge in [0.1, 0.15) is 0 Å². The normalized spacial score (nSPS) is 22.6. The Kier molecular flexibility index (Phi) is 6.67. The van der Waals surface area contributed by atoms with Crippen molar-refractivity contribution in [1.29, 1.82) is 0 Å². The van der Waals surface area contributed by atoms with E-state index in [1.807, 2.05) is 24.0 Å². The van der Waals surface area contributed by atoms with E-state index < -0.39 is 0 Å². The first-order valence-electron chi connectivity index (χ1n) is 8.68. The molecule has 0 spiro atoms. The minimum Gasteiger partial charge on any atom is -0.336 e. The van der Waals surface area contributed by atoms with Gasteiger partial charge in [-0.15, -0.1) is 12.4 Å². The van der Waals surface area contributed by atoms with Crippen LogP contribution in [-0.2, 0) is 17.8 Å². The van der Waals surface area contributed by atoms with Crippen molar-refractivity contribution in [3.8, 4) is 0 Å². The van der Waals surface area contributed by atoms with Gasteiger partial charge in [-0.2, -0.15) is 0 Å². The van der Waals surface area contributed by atoms with Crippen LogP contribution in [0.15, 0.2) is 24.3 Å². The number of nitrogens with one attached hydrogen (secondary N) is 2. The maximum Gasteiger partial charge on any atom is 0.318 e. The second-order valence-corrected chi connectivity index (χ2v) is 6.67. The molecule has 0 bridgehead atoms. The average Bonchev–Trinajstić information content (AvgIpc) is 2.61. The molecule has 0 aliphatic carbocycles. The number of amides is 3. The molecule has 0 aromatic heterocycles. The van der Waals surface area contributed by atoms with Crippen LogP contribution in [0.2, 0.25) is 0 Å². The number of benzene rings is 1. The highest BCUT2D eigenvalue weighted by Gasteiger charge is 2.28. The Labute approximate surface area is 155 Å². The number of halogens is 1. The summed E-state index contributed by atoms with van der Waals surface area (Å²) in [7, 11) is 0. The van der Waals surface area contributed by atoms with Crippen molar-refractivity contribution < 1.29 is 9.59 Å². The molecule has 1 fully saturated rings.